The minimum atomic E-state index is -2.87. The van der Waals surface area contributed by atoms with Crippen LogP contribution in [0.3, 0.4) is 0 Å². The van der Waals surface area contributed by atoms with E-state index in [9.17, 15) is 19.7 Å². The van der Waals surface area contributed by atoms with Crippen LogP contribution in [0.15, 0.2) is 109 Å². The van der Waals surface area contributed by atoms with Crippen LogP contribution in [0.4, 0.5) is 10.5 Å². The van der Waals surface area contributed by atoms with E-state index in [1.165, 1.54) is 34.6 Å². The van der Waals surface area contributed by atoms with Gasteiger partial charge in [0.05, 0.1) is 17.4 Å². The van der Waals surface area contributed by atoms with E-state index in [1.807, 2.05) is 12.1 Å². The molecule has 52 heavy (non-hydrogen) atoms. The summed E-state index contributed by atoms with van der Waals surface area (Å²) < 4.78 is 24.8. The molecule has 0 radical (unpaired) electrons. The van der Waals surface area contributed by atoms with Gasteiger partial charge in [-0.05, 0) is 70.1 Å². The maximum Gasteiger partial charge on any atom is 0.514 e. The van der Waals surface area contributed by atoms with Crippen LogP contribution in [0.1, 0.15) is 66.7 Å². The summed E-state index contributed by atoms with van der Waals surface area (Å²) in [5, 5.41) is 13.2. The number of allylic oxidation sites excluding steroid dienone is 3. The number of carbonyl (C=O) groups is 2. The van der Waals surface area contributed by atoms with E-state index >= 15 is 0 Å². The maximum absolute atomic E-state index is 13.2. The Bertz CT molecular complexity index is 1750. The van der Waals surface area contributed by atoms with Gasteiger partial charge in [-0.3, -0.25) is 14.9 Å². The number of non-ortho nitro benzene ring substituents is 1. The summed E-state index contributed by atoms with van der Waals surface area (Å²) in [7, 11) is -2.87. The molecule has 9 nitrogen and oxygen atoms in total. The van der Waals surface area contributed by atoms with E-state index in [0.717, 1.165) is 12.0 Å². The van der Waals surface area contributed by atoms with Crippen molar-refractivity contribution in [2.75, 3.05) is 0 Å². The fourth-order valence-electron chi connectivity index (χ4n) is 8.53. The van der Waals surface area contributed by atoms with Gasteiger partial charge in [-0.1, -0.05) is 114 Å². The van der Waals surface area contributed by atoms with Crippen LogP contribution in [0.5, 0.6) is 5.75 Å². The lowest BCUT2D eigenvalue weighted by Gasteiger charge is -2.46. The summed E-state index contributed by atoms with van der Waals surface area (Å²) in [5.74, 6) is 0.425. The summed E-state index contributed by atoms with van der Waals surface area (Å²) >= 11 is 0. The fraction of sp³-hybridized carbons (Fsp3) is 0.429. The number of hydrogen-bond donors (Lipinski definition) is 0. The summed E-state index contributed by atoms with van der Waals surface area (Å²) in [4.78, 5) is 36.8. The number of nitro groups is 1. The number of carbonyl (C=O) groups excluding carboxylic acids is 2. The van der Waals surface area contributed by atoms with E-state index < -0.39 is 25.5 Å². The van der Waals surface area contributed by atoms with Crippen molar-refractivity contribution in [2.24, 2.45) is 23.7 Å². The lowest BCUT2D eigenvalue weighted by Crippen LogP contribution is -2.68. The molecular weight excluding hydrogens is 675 g/mol. The summed E-state index contributed by atoms with van der Waals surface area (Å²) in [6, 6.07) is 26.3. The zero-order valence-electron chi connectivity index (χ0n) is 30.6. The van der Waals surface area contributed by atoms with Gasteiger partial charge in [-0.2, -0.15) is 0 Å². The molecule has 6 rings (SSSR count). The third-order valence-electron chi connectivity index (χ3n) is 10.9. The molecule has 1 heterocycles. The van der Waals surface area contributed by atoms with E-state index in [0.29, 0.717) is 19.3 Å². The normalized spacial score (nSPS) is 26.1. The number of hydrogen-bond acceptors (Lipinski definition) is 8. The van der Waals surface area contributed by atoms with E-state index in [2.05, 4.69) is 101 Å². The van der Waals surface area contributed by atoms with Gasteiger partial charge in [0, 0.05) is 24.5 Å². The summed E-state index contributed by atoms with van der Waals surface area (Å²) in [6.07, 6.45) is 7.67. The average Bonchev–Trinajstić information content (AvgIpc) is 3.10. The Hall–Kier alpha value is -4.54. The van der Waals surface area contributed by atoms with Crippen LogP contribution < -0.4 is 15.1 Å². The molecule has 7 atom stereocenters. The van der Waals surface area contributed by atoms with Crippen LogP contribution in [0.2, 0.25) is 5.04 Å². The van der Waals surface area contributed by atoms with Crippen molar-refractivity contribution in [3.63, 3.8) is 0 Å². The predicted molar refractivity (Wildman–Crippen MR) is 202 cm³/mol. The van der Waals surface area contributed by atoms with Gasteiger partial charge in [0.1, 0.15) is 18.0 Å². The second-order valence-electron chi connectivity index (χ2n) is 15.6. The number of ether oxygens (including phenoxy) is 3. The molecule has 3 aliphatic rings. The largest absolute Gasteiger partial charge is 0.514 e. The summed E-state index contributed by atoms with van der Waals surface area (Å²) in [5.41, 5.74) is 1.05. The number of nitro benzene ring substituents is 1. The van der Waals surface area contributed by atoms with Gasteiger partial charge >= 0.3 is 12.1 Å². The third kappa shape index (κ3) is 8.08. The lowest BCUT2D eigenvalue weighted by molar-refractivity contribution is -0.384. The number of nitrogens with zero attached hydrogens (tertiary/aromatic N) is 1. The molecule has 0 spiro atoms. The molecule has 0 saturated carbocycles. The van der Waals surface area contributed by atoms with E-state index in [4.69, 9.17) is 18.6 Å². The van der Waals surface area contributed by atoms with Crippen molar-refractivity contribution in [1.82, 2.24) is 0 Å². The standard InChI is InChI=1S/C42H49NO8Si/c1-28-24-30-17-16-29(2)37(40(30)38(25-28)50-41(45)49-32-20-18-31(19-21-32)43(46)47)23-22-33-26-34(27-39(44)48-33)51-52(42(3,4)5,35-12-8-6-9-13-35)36-14-10-7-11-15-36/h6-21,24,28-29,33-34,37-38,40H,22-23,25-27H2,1-5H3/t28-,29-,33+,34+,37-,38-,40-/m0/s1. The molecule has 0 aromatic heterocycles. The highest BCUT2D eigenvalue weighted by Crippen LogP contribution is 2.46. The summed E-state index contributed by atoms with van der Waals surface area (Å²) in [6.45, 7) is 11.0. The first-order valence-corrected chi connectivity index (χ1v) is 20.3. The molecular formula is C42H49NO8Si. The molecule has 0 N–H and O–H groups in total. The molecule has 274 valence electrons. The van der Waals surface area contributed by atoms with Gasteiger partial charge in [0.25, 0.3) is 14.0 Å². The van der Waals surface area contributed by atoms with Crippen molar-refractivity contribution < 1.29 is 33.1 Å². The first kappa shape index (κ1) is 37.2. The fourth-order valence-corrected chi connectivity index (χ4v) is 13.2. The molecule has 3 aromatic rings. The van der Waals surface area contributed by atoms with Gasteiger partial charge in [0.2, 0.25) is 0 Å². The van der Waals surface area contributed by atoms with Crippen molar-refractivity contribution in [1.29, 1.82) is 0 Å². The number of rotatable bonds is 10. The van der Waals surface area contributed by atoms with Crippen LogP contribution in [-0.4, -0.2) is 43.7 Å². The predicted octanol–water partition coefficient (Wildman–Crippen LogP) is 8.31. The Morgan fingerprint density at radius 2 is 1.56 bits per heavy atom. The number of cyclic esters (lactones) is 1. The molecule has 2 aliphatic carbocycles. The van der Waals surface area contributed by atoms with Crippen molar-refractivity contribution in [2.45, 2.75) is 90.1 Å². The Kier molecular flexibility index (Phi) is 11.2. The topological polar surface area (TPSA) is 114 Å². The monoisotopic (exact) mass is 723 g/mol. The highest BCUT2D eigenvalue weighted by molar-refractivity contribution is 6.99. The molecule has 3 aromatic carbocycles. The Morgan fingerprint density at radius 1 is 0.923 bits per heavy atom. The number of benzene rings is 3. The number of fused-ring (bicyclic) bond motifs is 1. The van der Waals surface area contributed by atoms with Crippen LogP contribution in [0.25, 0.3) is 0 Å². The van der Waals surface area contributed by atoms with Crippen molar-refractivity contribution in [3.8, 4) is 5.75 Å². The van der Waals surface area contributed by atoms with Crippen LogP contribution >= 0.6 is 0 Å². The Balaban J connectivity index is 1.18. The van der Waals surface area contributed by atoms with Crippen molar-refractivity contribution in [3.05, 3.63) is 119 Å². The second kappa shape index (κ2) is 15.6. The lowest BCUT2D eigenvalue weighted by atomic mass is 9.65. The molecule has 1 aliphatic heterocycles. The molecule has 0 bridgehead atoms. The van der Waals surface area contributed by atoms with E-state index in [-0.39, 0.29) is 64.7 Å². The molecule has 10 heteroatoms. The second-order valence-corrected chi connectivity index (χ2v) is 19.8. The quantitative estimate of drug-likeness (QED) is 0.0675. The Morgan fingerprint density at radius 3 is 2.15 bits per heavy atom. The molecule has 1 fully saturated rings. The zero-order chi connectivity index (χ0) is 37.0. The number of esters is 1. The molecule has 0 amide bonds. The van der Waals surface area contributed by atoms with Gasteiger partial charge in [-0.15, -0.1) is 0 Å². The van der Waals surface area contributed by atoms with Crippen LogP contribution in [0, 0.1) is 33.8 Å². The van der Waals surface area contributed by atoms with Crippen molar-refractivity contribution >= 4 is 36.5 Å². The average molecular weight is 724 g/mol. The maximum atomic E-state index is 13.2. The van der Waals surface area contributed by atoms with E-state index in [1.54, 1.807) is 0 Å². The zero-order valence-corrected chi connectivity index (χ0v) is 31.6. The smallest absolute Gasteiger partial charge is 0.462 e. The molecule has 0 unspecified atom stereocenters. The third-order valence-corrected chi connectivity index (χ3v) is 16.0. The SMILES string of the molecule is C[C@H]1C=C2C=C[C@H](C)[C@H](CC[C@@H]3C[C@@H](O[Si](c4ccccc4)(c4ccccc4)C(C)(C)C)CC(=O)O3)[C@H]2[C@@H](OC(=O)Oc2ccc([N+](=O)[O-])cc2)C1. The molecule has 1 saturated heterocycles. The first-order chi connectivity index (χ1) is 24.8. The van der Waals surface area contributed by atoms with Gasteiger partial charge in [0.15, 0.2) is 0 Å². The van der Waals surface area contributed by atoms with Gasteiger partial charge in [-0.25, -0.2) is 4.79 Å². The minimum Gasteiger partial charge on any atom is -0.462 e. The first-order valence-electron chi connectivity index (χ1n) is 18.3. The minimum absolute atomic E-state index is 0.0518. The van der Waals surface area contributed by atoms with Crippen LogP contribution in [-0.2, 0) is 18.7 Å². The Labute approximate surface area is 307 Å². The van der Waals surface area contributed by atoms with Gasteiger partial charge < -0.3 is 18.6 Å². The highest BCUT2D eigenvalue weighted by atomic mass is 28.4. The highest BCUT2D eigenvalue weighted by Gasteiger charge is 2.52.